The Kier molecular flexibility index (Phi) is 5.43. The number of carbonyl (C=O) groups excluding carboxylic acids is 1. The molecular weight excluding hydrogens is 334 g/mol. The van der Waals surface area contributed by atoms with Crippen molar-refractivity contribution >= 4 is 23.1 Å². The zero-order valence-electron chi connectivity index (χ0n) is 14.6. The molecule has 2 aromatic rings. The molecule has 1 amide bonds. The number of hydrogen-bond acceptors (Lipinski definition) is 6. The second-order valence-corrected chi connectivity index (χ2v) is 6.28. The van der Waals surface area contributed by atoms with E-state index in [4.69, 9.17) is 0 Å². The van der Waals surface area contributed by atoms with Gasteiger partial charge in [-0.2, -0.15) is 0 Å². The molecule has 8 heteroatoms. The van der Waals surface area contributed by atoms with Gasteiger partial charge in [-0.25, -0.2) is 4.98 Å². The van der Waals surface area contributed by atoms with E-state index in [2.05, 4.69) is 10.3 Å². The Hall–Kier alpha value is -3.00. The van der Waals surface area contributed by atoms with Crippen LogP contribution in [0, 0.1) is 17.0 Å². The van der Waals surface area contributed by atoms with E-state index in [9.17, 15) is 14.9 Å². The van der Waals surface area contributed by atoms with E-state index in [0.29, 0.717) is 38.5 Å². The second-order valence-electron chi connectivity index (χ2n) is 6.28. The molecule has 1 saturated heterocycles. The Balaban J connectivity index is 1.54. The largest absolute Gasteiger partial charge is 0.348 e. The minimum Gasteiger partial charge on any atom is -0.348 e. The Labute approximate surface area is 151 Å². The third-order valence-electron chi connectivity index (χ3n) is 4.30. The maximum Gasteiger partial charge on any atom is 0.311 e. The summed E-state index contributed by atoms with van der Waals surface area (Å²) in [6, 6.07) is 10.7. The average molecular weight is 355 g/mol. The summed E-state index contributed by atoms with van der Waals surface area (Å²) in [6.45, 7) is 4.76. The zero-order valence-corrected chi connectivity index (χ0v) is 14.6. The number of carbonyl (C=O) groups is 1. The molecule has 1 fully saturated rings. The number of rotatable bonds is 5. The lowest BCUT2D eigenvalue weighted by Gasteiger charge is -2.34. The van der Waals surface area contributed by atoms with Crippen LogP contribution in [0.2, 0.25) is 0 Å². The lowest BCUT2D eigenvalue weighted by molar-refractivity contribution is -0.384. The normalized spacial score (nSPS) is 14.9. The van der Waals surface area contributed by atoms with Gasteiger partial charge in [0.25, 0.3) is 0 Å². The molecule has 1 aromatic heterocycles. The predicted molar refractivity (Wildman–Crippen MR) is 99.4 cm³/mol. The monoisotopic (exact) mass is 355 g/mol. The summed E-state index contributed by atoms with van der Waals surface area (Å²) in [5.41, 5.74) is 1.89. The highest BCUT2D eigenvalue weighted by molar-refractivity contribution is 5.92. The van der Waals surface area contributed by atoms with Crippen molar-refractivity contribution in [3.05, 3.63) is 58.3 Å². The van der Waals surface area contributed by atoms with Crippen LogP contribution in [-0.2, 0) is 4.79 Å². The molecule has 0 spiro atoms. The molecule has 0 bridgehead atoms. The van der Waals surface area contributed by atoms with Crippen molar-refractivity contribution < 1.29 is 9.72 Å². The number of nitrogens with zero attached hydrogens (tertiary/aromatic N) is 4. The first-order chi connectivity index (χ1) is 12.5. The van der Waals surface area contributed by atoms with Gasteiger partial charge in [0, 0.05) is 44.1 Å². The molecule has 0 aliphatic carbocycles. The quantitative estimate of drug-likeness (QED) is 0.652. The highest BCUT2D eigenvalue weighted by atomic mass is 16.6. The highest BCUT2D eigenvalue weighted by Crippen LogP contribution is 2.25. The fourth-order valence-electron chi connectivity index (χ4n) is 3.02. The molecule has 2 heterocycles. The van der Waals surface area contributed by atoms with Gasteiger partial charge in [-0.3, -0.25) is 19.8 Å². The fourth-order valence-corrected chi connectivity index (χ4v) is 3.02. The zero-order chi connectivity index (χ0) is 18.5. The topological polar surface area (TPSA) is 91.6 Å². The van der Waals surface area contributed by atoms with Gasteiger partial charge >= 0.3 is 5.69 Å². The first-order valence-corrected chi connectivity index (χ1v) is 8.46. The molecule has 1 aliphatic rings. The summed E-state index contributed by atoms with van der Waals surface area (Å²) >= 11 is 0. The summed E-state index contributed by atoms with van der Waals surface area (Å²) in [5, 5.41) is 14.0. The van der Waals surface area contributed by atoms with Gasteiger partial charge < -0.3 is 10.2 Å². The lowest BCUT2D eigenvalue weighted by atomic mass is 10.2. The third kappa shape index (κ3) is 4.34. The van der Waals surface area contributed by atoms with Gasteiger partial charge in [-0.05, 0) is 30.7 Å². The van der Waals surface area contributed by atoms with Gasteiger partial charge in [0.1, 0.15) is 0 Å². The summed E-state index contributed by atoms with van der Waals surface area (Å²) in [6.07, 6.45) is 1.56. The van der Waals surface area contributed by atoms with E-state index in [1.165, 1.54) is 6.07 Å². The van der Waals surface area contributed by atoms with Gasteiger partial charge in [-0.1, -0.05) is 12.1 Å². The first-order valence-electron chi connectivity index (χ1n) is 8.46. The summed E-state index contributed by atoms with van der Waals surface area (Å²) < 4.78 is 0. The smallest absolute Gasteiger partial charge is 0.311 e. The number of pyridine rings is 1. The number of hydrogen-bond donors (Lipinski definition) is 1. The number of aromatic nitrogens is 1. The number of piperazine rings is 1. The fraction of sp³-hybridized carbons (Fsp3) is 0.333. The number of benzene rings is 1. The molecule has 3 rings (SSSR count). The third-order valence-corrected chi connectivity index (χ3v) is 4.30. The van der Waals surface area contributed by atoms with Crippen LogP contribution in [0.25, 0.3) is 0 Å². The van der Waals surface area contributed by atoms with Crippen LogP contribution in [0.4, 0.5) is 17.2 Å². The van der Waals surface area contributed by atoms with Crippen LogP contribution in [0.15, 0.2) is 42.6 Å². The number of amides is 1. The molecule has 26 heavy (non-hydrogen) atoms. The Bertz CT molecular complexity index is 803. The molecule has 136 valence electrons. The number of nitro groups is 1. The van der Waals surface area contributed by atoms with E-state index in [1.54, 1.807) is 12.3 Å². The SMILES string of the molecule is Cc1cccc(NC(=O)CN2CCN(c3ncccc3[N+](=O)[O-])CC2)c1. The van der Waals surface area contributed by atoms with Gasteiger partial charge in [0.05, 0.1) is 11.5 Å². The van der Waals surface area contributed by atoms with Crippen LogP contribution >= 0.6 is 0 Å². The minimum absolute atomic E-state index is 0.0122. The molecule has 8 nitrogen and oxygen atoms in total. The predicted octanol–water partition coefficient (Wildman–Crippen LogP) is 2.06. The van der Waals surface area contributed by atoms with Crippen LogP contribution in [0.1, 0.15) is 5.56 Å². The molecule has 1 aromatic carbocycles. The Morgan fingerprint density at radius 2 is 2.00 bits per heavy atom. The first kappa shape index (κ1) is 17.8. The van der Waals surface area contributed by atoms with Crippen LogP contribution < -0.4 is 10.2 Å². The minimum atomic E-state index is -0.413. The van der Waals surface area contributed by atoms with Crippen molar-refractivity contribution in [3.63, 3.8) is 0 Å². The molecule has 1 N–H and O–H groups in total. The Morgan fingerprint density at radius 1 is 1.23 bits per heavy atom. The summed E-state index contributed by atoms with van der Waals surface area (Å²) in [5.74, 6) is 0.328. The maximum absolute atomic E-state index is 12.2. The van der Waals surface area contributed by atoms with Crippen LogP contribution in [-0.4, -0.2) is 53.4 Å². The molecule has 0 saturated carbocycles. The van der Waals surface area contributed by atoms with E-state index in [0.717, 1.165) is 11.3 Å². The summed E-state index contributed by atoms with van der Waals surface area (Å²) in [7, 11) is 0. The maximum atomic E-state index is 12.2. The van der Waals surface area contributed by atoms with Gasteiger partial charge in [0.15, 0.2) is 0 Å². The molecule has 0 unspecified atom stereocenters. The molecule has 0 radical (unpaired) electrons. The van der Waals surface area contributed by atoms with E-state index >= 15 is 0 Å². The van der Waals surface area contributed by atoms with Crippen molar-refractivity contribution in [3.8, 4) is 0 Å². The number of aryl methyl sites for hydroxylation is 1. The Morgan fingerprint density at radius 3 is 2.69 bits per heavy atom. The number of nitrogens with one attached hydrogen (secondary N) is 1. The molecule has 1 aliphatic heterocycles. The average Bonchev–Trinajstić information content (AvgIpc) is 2.62. The van der Waals surface area contributed by atoms with Crippen LogP contribution in [0.5, 0.6) is 0 Å². The van der Waals surface area contributed by atoms with Crippen molar-refractivity contribution in [1.82, 2.24) is 9.88 Å². The van der Waals surface area contributed by atoms with Crippen molar-refractivity contribution in [2.45, 2.75) is 6.92 Å². The van der Waals surface area contributed by atoms with Gasteiger partial charge in [-0.15, -0.1) is 0 Å². The van der Waals surface area contributed by atoms with Crippen molar-refractivity contribution in [2.75, 3.05) is 42.9 Å². The molecule has 0 atom stereocenters. The van der Waals surface area contributed by atoms with Crippen molar-refractivity contribution in [2.24, 2.45) is 0 Å². The van der Waals surface area contributed by atoms with Crippen molar-refractivity contribution in [1.29, 1.82) is 0 Å². The van der Waals surface area contributed by atoms with E-state index in [1.807, 2.05) is 41.0 Å². The second kappa shape index (κ2) is 7.92. The molecular formula is C18H21N5O3. The lowest BCUT2D eigenvalue weighted by Crippen LogP contribution is -2.49. The van der Waals surface area contributed by atoms with Crippen LogP contribution in [0.3, 0.4) is 0 Å². The standard InChI is InChI=1S/C18H21N5O3/c1-14-4-2-5-15(12-14)20-17(24)13-21-8-10-22(11-9-21)18-16(23(25)26)6-3-7-19-18/h2-7,12H,8-11,13H2,1H3,(H,20,24). The summed E-state index contributed by atoms with van der Waals surface area (Å²) in [4.78, 5) is 31.0. The highest BCUT2D eigenvalue weighted by Gasteiger charge is 2.25. The van der Waals surface area contributed by atoms with Gasteiger partial charge in [0.2, 0.25) is 11.7 Å². The van der Waals surface area contributed by atoms with E-state index < -0.39 is 4.92 Å². The van der Waals surface area contributed by atoms with E-state index in [-0.39, 0.29) is 11.6 Å². The number of anilines is 2.